The molecule has 0 aliphatic rings. The summed E-state index contributed by atoms with van der Waals surface area (Å²) in [6.45, 7) is 4.27. The van der Waals surface area contributed by atoms with Gasteiger partial charge in [0, 0.05) is 16.9 Å². The first-order chi connectivity index (χ1) is 10.2. The monoisotopic (exact) mass is 298 g/mol. The summed E-state index contributed by atoms with van der Waals surface area (Å²) in [5, 5.41) is 3.12. The van der Waals surface area contributed by atoms with Gasteiger partial charge in [0.25, 0.3) is 0 Å². The fourth-order valence-corrected chi connectivity index (χ4v) is 3.25. The van der Waals surface area contributed by atoms with Gasteiger partial charge in [-0.15, -0.1) is 11.3 Å². The molecular formula is C16H18N4S. The molecule has 0 saturated heterocycles. The van der Waals surface area contributed by atoms with Gasteiger partial charge in [0.05, 0.1) is 5.39 Å². The van der Waals surface area contributed by atoms with Crippen LogP contribution in [0.3, 0.4) is 0 Å². The number of rotatable bonds is 4. The Morgan fingerprint density at radius 2 is 2.00 bits per heavy atom. The fourth-order valence-electron chi connectivity index (χ4n) is 2.30. The molecule has 0 amide bonds. The molecule has 21 heavy (non-hydrogen) atoms. The van der Waals surface area contributed by atoms with Gasteiger partial charge in [0.15, 0.2) is 5.82 Å². The first-order valence-corrected chi connectivity index (χ1v) is 7.93. The molecule has 5 heteroatoms. The van der Waals surface area contributed by atoms with E-state index in [1.54, 1.807) is 11.3 Å². The third-order valence-electron chi connectivity index (χ3n) is 3.73. The highest BCUT2D eigenvalue weighted by Gasteiger charge is 2.16. The van der Waals surface area contributed by atoms with E-state index in [2.05, 4.69) is 41.8 Å². The molecule has 0 bridgehead atoms. The number of thiophene rings is 1. The lowest BCUT2D eigenvalue weighted by atomic mass is 10.1. The van der Waals surface area contributed by atoms with Crippen molar-refractivity contribution >= 4 is 27.4 Å². The van der Waals surface area contributed by atoms with Crippen LogP contribution in [0.5, 0.6) is 0 Å². The Labute approximate surface area is 128 Å². The van der Waals surface area contributed by atoms with Gasteiger partial charge >= 0.3 is 0 Å². The van der Waals surface area contributed by atoms with Gasteiger partial charge < -0.3 is 5.43 Å². The number of nitrogens with zero attached hydrogens (tertiary/aromatic N) is 2. The van der Waals surface area contributed by atoms with Crippen LogP contribution in [0, 0.1) is 0 Å². The molecule has 1 unspecified atom stereocenters. The number of anilines is 1. The maximum atomic E-state index is 5.70. The van der Waals surface area contributed by atoms with Crippen LogP contribution in [0.4, 0.5) is 5.82 Å². The number of fused-ring (bicyclic) bond motifs is 1. The molecule has 0 aliphatic carbocycles. The van der Waals surface area contributed by atoms with Crippen molar-refractivity contribution in [1.82, 2.24) is 9.97 Å². The Balaban J connectivity index is 2.22. The predicted molar refractivity (Wildman–Crippen MR) is 89.4 cm³/mol. The molecule has 0 aliphatic heterocycles. The molecule has 3 N–H and O–H groups in total. The molecule has 108 valence electrons. The van der Waals surface area contributed by atoms with E-state index in [1.807, 2.05) is 18.2 Å². The lowest BCUT2D eigenvalue weighted by Crippen LogP contribution is -2.11. The van der Waals surface area contributed by atoms with E-state index in [-0.39, 0.29) is 0 Å². The number of benzene rings is 1. The normalized spacial score (nSPS) is 12.5. The van der Waals surface area contributed by atoms with Crippen LogP contribution in [0.15, 0.2) is 35.7 Å². The van der Waals surface area contributed by atoms with E-state index in [0.29, 0.717) is 11.7 Å². The summed E-state index contributed by atoms with van der Waals surface area (Å²) in [6, 6.07) is 10.2. The molecule has 0 fully saturated rings. The molecule has 0 radical (unpaired) electrons. The molecule has 1 aromatic carbocycles. The molecule has 0 saturated carbocycles. The van der Waals surface area contributed by atoms with Crippen LogP contribution in [-0.2, 0) is 0 Å². The van der Waals surface area contributed by atoms with E-state index in [1.165, 1.54) is 0 Å². The fraction of sp³-hybridized carbons (Fsp3) is 0.250. The summed E-state index contributed by atoms with van der Waals surface area (Å²) in [7, 11) is 0. The number of hydrazine groups is 1. The van der Waals surface area contributed by atoms with Crippen molar-refractivity contribution < 1.29 is 0 Å². The van der Waals surface area contributed by atoms with Crippen LogP contribution in [-0.4, -0.2) is 9.97 Å². The second kappa shape index (κ2) is 5.79. The van der Waals surface area contributed by atoms with Crippen molar-refractivity contribution in [3.63, 3.8) is 0 Å². The highest BCUT2D eigenvalue weighted by molar-refractivity contribution is 7.17. The first kappa shape index (κ1) is 14.0. The number of nitrogen functional groups attached to an aromatic ring is 1. The molecule has 3 rings (SSSR count). The number of aromatic nitrogens is 2. The largest absolute Gasteiger partial charge is 0.308 e. The average molecular weight is 298 g/mol. The lowest BCUT2D eigenvalue weighted by molar-refractivity contribution is 0.684. The van der Waals surface area contributed by atoms with Crippen molar-refractivity contribution in [2.24, 2.45) is 5.84 Å². The summed E-state index contributed by atoms with van der Waals surface area (Å²) in [5.74, 6) is 7.57. The lowest BCUT2D eigenvalue weighted by Gasteiger charge is -2.10. The van der Waals surface area contributed by atoms with Gasteiger partial charge in [-0.3, -0.25) is 0 Å². The molecule has 3 aromatic rings. The summed E-state index contributed by atoms with van der Waals surface area (Å²) < 4.78 is 0. The Bertz CT molecular complexity index is 752. The van der Waals surface area contributed by atoms with E-state index >= 15 is 0 Å². The zero-order valence-electron chi connectivity index (χ0n) is 12.1. The summed E-state index contributed by atoms with van der Waals surface area (Å²) >= 11 is 1.63. The third-order valence-corrected chi connectivity index (χ3v) is 4.60. The van der Waals surface area contributed by atoms with Gasteiger partial charge in [-0.25, -0.2) is 15.8 Å². The van der Waals surface area contributed by atoms with Crippen LogP contribution >= 0.6 is 11.3 Å². The zero-order valence-corrected chi connectivity index (χ0v) is 12.9. The molecular weight excluding hydrogens is 280 g/mol. The minimum Gasteiger partial charge on any atom is -0.308 e. The Hall–Kier alpha value is -1.98. The summed E-state index contributed by atoms with van der Waals surface area (Å²) in [6.07, 6.45) is 1.01. The number of hydrogen-bond acceptors (Lipinski definition) is 5. The standard InChI is InChI=1S/C16H18N4S/c1-3-10(2)14-18-15(20-17)13-12(9-21-16(13)19-14)11-7-5-4-6-8-11/h4-10H,3,17H2,1-2H3,(H,18,19,20). The molecule has 0 spiro atoms. The minimum atomic E-state index is 0.323. The first-order valence-electron chi connectivity index (χ1n) is 7.05. The average Bonchev–Trinajstić information content (AvgIpc) is 2.98. The SMILES string of the molecule is CCC(C)c1nc(NN)c2c(-c3ccccc3)csc2n1. The predicted octanol–water partition coefficient (Wildman–Crippen LogP) is 4.16. The summed E-state index contributed by atoms with van der Waals surface area (Å²) in [5.41, 5.74) is 5.02. The van der Waals surface area contributed by atoms with Crippen molar-refractivity contribution in [2.45, 2.75) is 26.2 Å². The van der Waals surface area contributed by atoms with Gasteiger partial charge in [0.2, 0.25) is 0 Å². The second-order valence-electron chi connectivity index (χ2n) is 5.08. The summed E-state index contributed by atoms with van der Waals surface area (Å²) in [4.78, 5) is 10.3. The van der Waals surface area contributed by atoms with Gasteiger partial charge in [-0.2, -0.15) is 0 Å². The zero-order chi connectivity index (χ0) is 14.8. The highest BCUT2D eigenvalue weighted by Crippen LogP contribution is 2.37. The molecule has 4 nitrogen and oxygen atoms in total. The molecule has 1 atom stereocenters. The highest BCUT2D eigenvalue weighted by atomic mass is 32.1. The van der Waals surface area contributed by atoms with Gasteiger partial charge in [-0.05, 0) is 12.0 Å². The van der Waals surface area contributed by atoms with Crippen LogP contribution in [0.25, 0.3) is 21.3 Å². The molecule has 2 aromatic heterocycles. The quantitative estimate of drug-likeness (QED) is 0.561. The van der Waals surface area contributed by atoms with Crippen LogP contribution in [0.1, 0.15) is 32.0 Å². The minimum absolute atomic E-state index is 0.323. The number of nitrogens with two attached hydrogens (primary N) is 1. The Morgan fingerprint density at radius 3 is 2.67 bits per heavy atom. The number of nitrogens with one attached hydrogen (secondary N) is 1. The van der Waals surface area contributed by atoms with Crippen molar-refractivity contribution in [2.75, 3.05) is 5.43 Å². The number of hydrogen-bond donors (Lipinski definition) is 2. The topological polar surface area (TPSA) is 63.8 Å². The van der Waals surface area contributed by atoms with E-state index in [9.17, 15) is 0 Å². The van der Waals surface area contributed by atoms with Crippen molar-refractivity contribution in [3.8, 4) is 11.1 Å². The van der Waals surface area contributed by atoms with Crippen molar-refractivity contribution in [3.05, 3.63) is 41.5 Å². The van der Waals surface area contributed by atoms with Gasteiger partial charge in [-0.1, -0.05) is 44.2 Å². The van der Waals surface area contributed by atoms with Crippen LogP contribution in [0.2, 0.25) is 0 Å². The molecule has 2 heterocycles. The van der Waals surface area contributed by atoms with Gasteiger partial charge in [0.1, 0.15) is 10.7 Å². The Morgan fingerprint density at radius 1 is 1.24 bits per heavy atom. The smallest absolute Gasteiger partial charge is 0.153 e. The van der Waals surface area contributed by atoms with E-state index < -0.39 is 0 Å². The third kappa shape index (κ3) is 2.50. The van der Waals surface area contributed by atoms with E-state index in [0.717, 1.165) is 33.6 Å². The van der Waals surface area contributed by atoms with Crippen molar-refractivity contribution in [1.29, 1.82) is 0 Å². The maximum absolute atomic E-state index is 5.70. The Kier molecular flexibility index (Phi) is 3.86. The second-order valence-corrected chi connectivity index (χ2v) is 5.94. The maximum Gasteiger partial charge on any atom is 0.153 e. The van der Waals surface area contributed by atoms with Crippen LogP contribution < -0.4 is 11.3 Å². The van der Waals surface area contributed by atoms with E-state index in [4.69, 9.17) is 10.8 Å².